The van der Waals surface area contributed by atoms with Crippen LogP contribution in [0.5, 0.6) is 5.75 Å². The van der Waals surface area contributed by atoms with Crippen LogP contribution in [-0.2, 0) is 29.1 Å². The highest BCUT2D eigenvalue weighted by Gasteiger charge is 2.31. The summed E-state index contributed by atoms with van der Waals surface area (Å²) in [5, 5.41) is 27.3. The van der Waals surface area contributed by atoms with E-state index in [-0.39, 0.29) is 35.9 Å². The van der Waals surface area contributed by atoms with E-state index in [0.717, 1.165) is 10.7 Å². The minimum atomic E-state index is -1.83. The second-order valence-corrected chi connectivity index (χ2v) is 8.98. The van der Waals surface area contributed by atoms with Gasteiger partial charge in [-0.15, -0.1) is 0 Å². The maximum Gasteiger partial charge on any atom is 0.519 e. The zero-order valence-corrected chi connectivity index (χ0v) is 22.1. The van der Waals surface area contributed by atoms with Crippen LogP contribution in [0.4, 0.5) is 0 Å². The van der Waals surface area contributed by atoms with Gasteiger partial charge in [0.25, 0.3) is 5.91 Å². The highest BCUT2D eigenvalue weighted by Crippen LogP contribution is 2.16. The summed E-state index contributed by atoms with van der Waals surface area (Å²) in [6, 6.07) is 15.6. The fourth-order valence-electron chi connectivity index (χ4n) is 3.97. The van der Waals surface area contributed by atoms with Crippen molar-refractivity contribution in [2.24, 2.45) is 0 Å². The van der Waals surface area contributed by atoms with Crippen LogP contribution in [0.25, 0.3) is 0 Å². The van der Waals surface area contributed by atoms with Crippen molar-refractivity contribution in [1.29, 1.82) is 0 Å². The van der Waals surface area contributed by atoms with Gasteiger partial charge in [0.15, 0.2) is 29.9 Å². The lowest BCUT2D eigenvalue weighted by atomic mass is 10.0. The molecule has 2 atom stereocenters. The monoisotopic (exact) mass is 565 g/mol. The third kappa shape index (κ3) is 7.28. The number of aliphatic hydroxyl groups excluding tert-OH is 1. The summed E-state index contributed by atoms with van der Waals surface area (Å²) < 4.78 is 20.9. The van der Waals surface area contributed by atoms with Gasteiger partial charge in [-0.25, -0.2) is 14.4 Å². The number of carboxylic acid groups (broad SMARTS) is 1. The van der Waals surface area contributed by atoms with Gasteiger partial charge in [-0.3, -0.25) is 9.48 Å². The van der Waals surface area contributed by atoms with Crippen molar-refractivity contribution >= 4 is 17.8 Å². The first kappa shape index (κ1) is 28.8. The lowest BCUT2D eigenvalue weighted by Crippen LogP contribution is -2.49. The number of esters is 1. The number of carboxylic acids is 1. The summed E-state index contributed by atoms with van der Waals surface area (Å²) in [5.41, 5.74) is 0.942. The molecule has 1 amide bonds. The van der Waals surface area contributed by atoms with Crippen molar-refractivity contribution in [1.82, 2.24) is 15.1 Å². The van der Waals surface area contributed by atoms with E-state index < -0.39 is 42.4 Å². The van der Waals surface area contributed by atoms with Crippen LogP contribution in [0.2, 0.25) is 0 Å². The van der Waals surface area contributed by atoms with E-state index >= 15 is 0 Å². The van der Waals surface area contributed by atoms with Crippen molar-refractivity contribution in [3.63, 3.8) is 0 Å². The highest BCUT2D eigenvalue weighted by atomic mass is 16.6. The number of rotatable bonds is 12. The van der Waals surface area contributed by atoms with Crippen molar-refractivity contribution in [2.45, 2.75) is 38.6 Å². The fraction of sp³-hybridized carbons (Fsp3) is 0.250. The molecular formula is C28H27N3O10. The van der Waals surface area contributed by atoms with Crippen molar-refractivity contribution in [3.8, 4) is 5.75 Å². The highest BCUT2D eigenvalue weighted by molar-refractivity contribution is 5.96. The Hall–Kier alpha value is -5.17. The van der Waals surface area contributed by atoms with Gasteiger partial charge in [-0.2, -0.15) is 5.10 Å². The molecule has 0 saturated carbocycles. The Labute approximate surface area is 232 Å². The van der Waals surface area contributed by atoms with Crippen LogP contribution >= 0.6 is 0 Å². The number of aromatic carboxylic acids is 1. The molecule has 13 nitrogen and oxygen atoms in total. The molecule has 0 radical (unpaired) electrons. The standard InChI is InChI=1S/C28H27N3O10/c1-16-23(41-28(37)40-16)15-39-27(36)24(32)20(12-17-6-4-3-5-7-17)29-25(33)21-13-22(26(34)35)31(30-21)14-18-8-10-19(38-2)11-9-18/h3-11,13,20,24,32H,12,14-15H2,1-2H3,(H,29,33)(H,34,35)/t20-,24-/m1/s1. The van der Waals surface area contributed by atoms with E-state index in [9.17, 15) is 29.4 Å². The molecule has 2 heterocycles. The number of amides is 1. The first-order valence-electron chi connectivity index (χ1n) is 12.4. The number of carbonyl (C=O) groups is 3. The molecule has 2 aromatic heterocycles. The van der Waals surface area contributed by atoms with Crippen molar-refractivity contribution < 1.29 is 42.9 Å². The summed E-state index contributed by atoms with van der Waals surface area (Å²) in [7, 11) is 1.53. The van der Waals surface area contributed by atoms with Gasteiger partial charge in [0.2, 0.25) is 0 Å². The third-order valence-corrected chi connectivity index (χ3v) is 6.14. The summed E-state index contributed by atoms with van der Waals surface area (Å²) in [4.78, 5) is 49.0. The first-order chi connectivity index (χ1) is 19.6. The Morgan fingerprint density at radius 2 is 1.76 bits per heavy atom. The number of nitrogens with zero attached hydrogens (tertiary/aromatic N) is 2. The van der Waals surface area contributed by atoms with E-state index in [1.165, 1.54) is 14.0 Å². The predicted octanol–water partition coefficient (Wildman–Crippen LogP) is 1.94. The lowest BCUT2D eigenvalue weighted by Gasteiger charge is -2.22. The summed E-state index contributed by atoms with van der Waals surface area (Å²) >= 11 is 0. The Kier molecular flexibility index (Phi) is 8.99. The zero-order chi connectivity index (χ0) is 29.5. The Morgan fingerprint density at radius 1 is 1.05 bits per heavy atom. The minimum Gasteiger partial charge on any atom is -0.497 e. The number of hydrogen-bond donors (Lipinski definition) is 3. The lowest BCUT2D eigenvalue weighted by molar-refractivity contribution is -0.156. The zero-order valence-electron chi connectivity index (χ0n) is 22.1. The molecule has 0 aliphatic rings. The molecule has 41 heavy (non-hydrogen) atoms. The van der Waals surface area contributed by atoms with Crippen LogP contribution in [-0.4, -0.2) is 57.1 Å². The molecule has 0 fully saturated rings. The van der Waals surface area contributed by atoms with Gasteiger partial charge in [0.05, 0.1) is 19.7 Å². The molecule has 214 valence electrons. The molecule has 0 spiro atoms. The quantitative estimate of drug-likeness (QED) is 0.213. The van der Waals surface area contributed by atoms with Gasteiger partial charge in [0, 0.05) is 6.07 Å². The average molecular weight is 566 g/mol. The van der Waals surface area contributed by atoms with Gasteiger partial charge in [-0.05, 0) is 36.6 Å². The molecule has 13 heteroatoms. The topological polar surface area (TPSA) is 183 Å². The molecule has 0 bridgehead atoms. The smallest absolute Gasteiger partial charge is 0.497 e. The summed E-state index contributed by atoms with van der Waals surface area (Å²) in [6.07, 6.45) is -1.81. The van der Waals surface area contributed by atoms with Gasteiger partial charge >= 0.3 is 17.8 Å². The summed E-state index contributed by atoms with van der Waals surface area (Å²) in [5.74, 6) is -3.45. The normalized spacial score (nSPS) is 12.4. The Balaban J connectivity index is 1.53. The Bertz CT molecular complexity index is 1570. The molecule has 3 N–H and O–H groups in total. The van der Waals surface area contributed by atoms with E-state index in [4.69, 9.17) is 18.3 Å². The number of hydrogen-bond acceptors (Lipinski definition) is 10. The first-order valence-corrected chi connectivity index (χ1v) is 12.4. The van der Waals surface area contributed by atoms with Crippen LogP contribution in [0.1, 0.15) is 43.6 Å². The minimum absolute atomic E-state index is 0.0252. The molecule has 0 saturated heterocycles. The number of methoxy groups -OCH3 is 1. The number of aromatic nitrogens is 2. The maximum atomic E-state index is 13.2. The number of nitrogens with one attached hydrogen (secondary N) is 1. The molecule has 2 aromatic carbocycles. The second kappa shape index (κ2) is 12.8. The van der Waals surface area contributed by atoms with Crippen LogP contribution in [0, 0.1) is 6.92 Å². The number of carbonyl (C=O) groups excluding carboxylic acids is 2. The average Bonchev–Trinajstić information content (AvgIpc) is 3.53. The molecule has 4 aromatic rings. The number of aryl methyl sites for hydroxylation is 1. The molecule has 0 aliphatic heterocycles. The largest absolute Gasteiger partial charge is 0.519 e. The van der Waals surface area contributed by atoms with Crippen molar-refractivity contribution in [2.75, 3.05) is 7.11 Å². The predicted molar refractivity (Wildman–Crippen MR) is 140 cm³/mol. The Morgan fingerprint density at radius 3 is 2.37 bits per heavy atom. The third-order valence-electron chi connectivity index (χ3n) is 6.14. The van der Waals surface area contributed by atoms with Gasteiger partial charge in [0.1, 0.15) is 11.4 Å². The fourth-order valence-corrected chi connectivity index (χ4v) is 3.97. The number of aliphatic hydroxyl groups is 1. The number of benzene rings is 2. The maximum absolute atomic E-state index is 13.2. The van der Waals surface area contributed by atoms with Gasteiger partial charge in [-0.1, -0.05) is 42.5 Å². The SMILES string of the molecule is COc1ccc(Cn2nc(C(=O)N[C@H](Cc3ccccc3)[C@@H](O)C(=O)OCc3oc(=O)oc3C)cc2C(=O)O)cc1. The van der Waals surface area contributed by atoms with Crippen LogP contribution in [0.3, 0.4) is 0 Å². The molecular weight excluding hydrogens is 538 g/mol. The second-order valence-electron chi connectivity index (χ2n) is 8.98. The van der Waals surface area contributed by atoms with Crippen LogP contribution in [0.15, 0.2) is 74.3 Å². The summed E-state index contributed by atoms with van der Waals surface area (Å²) in [6.45, 7) is 1.03. The van der Waals surface area contributed by atoms with E-state index in [0.29, 0.717) is 16.9 Å². The number of ether oxygens (including phenoxy) is 2. The van der Waals surface area contributed by atoms with E-state index in [1.54, 1.807) is 54.6 Å². The molecule has 0 aliphatic carbocycles. The van der Waals surface area contributed by atoms with Crippen LogP contribution < -0.4 is 15.9 Å². The van der Waals surface area contributed by atoms with Gasteiger partial charge < -0.3 is 33.8 Å². The van der Waals surface area contributed by atoms with E-state index in [2.05, 4.69) is 10.4 Å². The van der Waals surface area contributed by atoms with E-state index in [1.807, 2.05) is 0 Å². The molecule has 0 unspecified atom stereocenters. The van der Waals surface area contributed by atoms with Crippen molar-refractivity contribution in [3.05, 3.63) is 105 Å². The molecule has 4 rings (SSSR count).